The molecular formula is C16H22N2O4. The van der Waals surface area contributed by atoms with Crippen LogP contribution in [0.1, 0.15) is 31.4 Å². The van der Waals surface area contributed by atoms with E-state index in [1.165, 1.54) is 6.92 Å². The van der Waals surface area contributed by atoms with E-state index in [9.17, 15) is 14.7 Å². The second kappa shape index (κ2) is 7.38. The lowest BCUT2D eigenvalue weighted by Gasteiger charge is -2.32. The molecule has 0 saturated carbocycles. The lowest BCUT2D eigenvalue weighted by Crippen LogP contribution is -2.40. The van der Waals surface area contributed by atoms with E-state index in [0.29, 0.717) is 25.2 Å². The number of rotatable bonds is 5. The van der Waals surface area contributed by atoms with Gasteiger partial charge in [0.25, 0.3) is 0 Å². The molecule has 120 valence electrons. The smallest absolute Gasteiger partial charge is 0.307 e. The van der Waals surface area contributed by atoms with Crippen molar-refractivity contribution in [2.24, 2.45) is 5.92 Å². The van der Waals surface area contributed by atoms with Crippen molar-refractivity contribution in [2.45, 2.75) is 25.9 Å². The van der Waals surface area contributed by atoms with Gasteiger partial charge in [0.1, 0.15) is 0 Å². The van der Waals surface area contributed by atoms with E-state index in [-0.39, 0.29) is 11.8 Å². The molecule has 0 radical (unpaired) electrons. The van der Waals surface area contributed by atoms with Crippen LogP contribution < -0.4 is 5.32 Å². The van der Waals surface area contributed by atoms with E-state index in [0.717, 1.165) is 18.5 Å². The quantitative estimate of drug-likeness (QED) is 0.766. The highest BCUT2D eigenvalue weighted by Gasteiger charge is 2.26. The number of carbonyl (C=O) groups is 2. The highest BCUT2D eigenvalue weighted by molar-refractivity contribution is 5.88. The zero-order valence-electron chi connectivity index (χ0n) is 12.7. The number of amides is 1. The molecule has 1 aliphatic heterocycles. The highest BCUT2D eigenvalue weighted by Crippen LogP contribution is 2.21. The fourth-order valence-corrected chi connectivity index (χ4v) is 2.76. The Balaban J connectivity index is 1.92. The Hall–Kier alpha value is -1.92. The van der Waals surface area contributed by atoms with E-state index < -0.39 is 12.1 Å². The van der Waals surface area contributed by atoms with Crippen molar-refractivity contribution in [1.29, 1.82) is 0 Å². The van der Waals surface area contributed by atoms with Crippen LogP contribution in [0, 0.1) is 5.92 Å². The van der Waals surface area contributed by atoms with Crippen molar-refractivity contribution in [2.75, 3.05) is 25.0 Å². The summed E-state index contributed by atoms with van der Waals surface area (Å²) in [5.41, 5.74) is 1.44. The fraction of sp³-hybridized carbons (Fsp3) is 0.500. The molecule has 0 bridgehead atoms. The molecule has 1 fully saturated rings. The van der Waals surface area contributed by atoms with Gasteiger partial charge in [0.2, 0.25) is 5.91 Å². The molecule has 1 saturated heterocycles. The van der Waals surface area contributed by atoms with Crippen LogP contribution >= 0.6 is 0 Å². The van der Waals surface area contributed by atoms with Crippen LogP contribution in [0.5, 0.6) is 0 Å². The summed E-state index contributed by atoms with van der Waals surface area (Å²) < 4.78 is 0. The number of carbonyl (C=O) groups excluding carboxylic acids is 1. The van der Waals surface area contributed by atoms with Gasteiger partial charge in [-0.3, -0.25) is 14.5 Å². The average Bonchev–Trinajstić information content (AvgIpc) is 2.47. The number of aliphatic carboxylic acids is 1. The van der Waals surface area contributed by atoms with E-state index in [4.69, 9.17) is 5.11 Å². The van der Waals surface area contributed by atoms with Crippen molar-refractivity contribution < 1.29 is 19.8 Å². The number of carboxylic acid groups (broad SMARTS) is 1. The van der Waals surface area contributed by atoms with Crippen LogP contribution in [0.4, 0.5) is 5.69 Å². The van der Waals surface area contributed by atoms with Crippen molar-refractivity contribution in [1.82, 2.24) is 4.90 Å². The number of hydrogen-bond acceptors (Lipinski definition) is 4. The summed E-state index contributed by atoms with van der Waals surface area (Å²) in [6.07, 6.45) is 0.873. The molecule has 3 N–H and O–H groups in total. The molecule has 1 aromatic carbocycles. The average molecular weight is 306 g/mol. The fourth-order valence-electron chi connectivity index (χ4n) is 2.76. The minimum atomic E-state index is -0.765. The van der Waals surface area contributed by atoms with Crippen molar-refractivity contribution in [3.05, 3.63) is 29.8 Å². The monoisotopic (exact) mass is 306 g/mol. The van der Waals surface area contributed by atoms with Crippen LogP contribution in [0.2, 0.25) is 0 Å². The molecule has 1 aliphatic rings. The first kappa shape index (κ1) is 16.5. The van der Waals surface area contributed by atoms with E-state index >= 15 is 0 Å². The number of β-amino-alcohol motifs (C(OH)–C–C–N with tert-alkyl or cyclic N) is 1. The van der Waals surface area contributed by atoms with Gasteiger partial charge in [0.05, 0.1) is 12.0 Å². The zero-order chi connectivity index (χ0) is 16.1. The first-order valence-electron chi connectivity index (χ1n) is 7.46. The van der Waals surface area contributed by atoms with E-state index in [1.807, 2.05) is 4.90 Å². The van der Waals surface area contributed by atoms with Crippen molar-refractivity contribution >= 4 is 17.6 Å². The molecule has 6 nitrogen and oxygen atoms in total. The van der Waals surface area contributed by atoms with Gasteiger partial charge in [-0.15, -0.1) is 0 Å². The summed E-state index contributed by atoms with van der Waals surface area (Å²) in [7, 11) is 0. The van der Waals surface area contributed by atoms with Gasteiger partial charge >= 0.3 is 5.97 Å². The number of aliphatic hydroxyl groups is 1. The number of nitrogens with zero attached hydrogens (tertiary/aromatic N) is 1. The summed E-state index contributed by atoms with van der Waals surface area (Å²) in [6, 6.07) is 7.04. The van der Waals surface area contributed by atoms with Gasteiger partial charge in [-0.2, -0.15) is 0 Å². The van der Waals surface area contributed by atoms with Gasteiger partial charge in [0, 0.05) is 25.7 Å². The number of hydrogen-bond donors (Lipinski definition) is 3. The van der Waals surface area contributed by atoms with Gasteiger partial charge in [-0.05, 0) is 37.1 Å². The minimum absolute atomic E-state index is 0.138. The third-order valence-corrected chi connectivity index (χ3v) is 3.90. The number of anilines is 1. The van der Waals surface area contributed by atoms with Crippen LogP contribution in [-0.4, -0.2) is 46.6 Å². The predicted molar refractivity (Wildman–Crippen MR) is 82.5 cm³/mol. The summed E-state index contributed by atoms with van der Waals surface area (Å²) in [5, 5.41) is 22.1. The van der Waals surface area contributed by atoms with Gasteiger partial charge < -0.3 is 15.5 Å². The van der Waals surface area contributed by atoms with Crippen LogP contribution in [0.15, 0.2) is 24.3 Å². The molecule has 1 heterocycles. The van der Waals surface area contributed by atoms with Crippen LogP contribution in [0.3, 0.4) is 0 Å². The Labute approximate surface area is 129 Å². The molecule has 0 aliphatic carbocycles. The second-order valence-electron chi connectivity index (χ2n) is 5.76. The van der Waals surface area contributed by atoms with Gasteiger partial charge in [0.15, 0.2) is 0 Å². The number of likely N-dealkylation sites (tertiary alicyclic amines) is 1. The maximum atomic E-state index is 11.1. The van der Waals surface area contributed by atoms with Crippen LogP contribution in [-0.2, 0) is 9.59 Å². The Morgan fingerprint density at radius 2 is 2.05 bits per heavy atom. The molecule has 0 aromatic heterocycles. The summed E-state index contributed by atoms with van der Waals surface area (Å²) in [4.78, 5) is 24.0. The first-order chi connectivity index (χ1) is 10.5. The summed E-state index contributed by atoms with van der Waals surface area (Å²) in [5.74, 6) is -1.25. The Morgan fingerprint density at radius 3 is 2.64 bits per heavy atom. The van der Waals surface area contributed by atoms with E-state index in [2.05, 4.69) is 5.32 Å². The lowest BCUT2D eigenvalue weighted by molar-refractivity contribution is -0.143. The first-order valence-corrected chi connectivity index (χ1v) is 7.46. The van der Waals surface area contributed by atoms with E-state index in [1.54, 1.807) is 24.3 Å². The largest absolute Gasteiger partial charge is 0.481 e. The molecule has 1 aromatic rings. The molecule has 2 unspecified atom stereocenters. The van der Waals surface area contributed by atoms with Crippen molar-refractivity contribution in [3.63, 3.8) is 0 Å². The molecule has 1 amide bonds. The molecule has 0 spiro atoms. The van der Waals surface area contributed by atoms with Crippen molar-refractivity contribution in [3.8, 4) is 0 Å². The Kier molecular flexibility index (Phi) is 5.51. The topological polar surface area (TPSA) is 89.9 Å². The molecule has 2 rings (SSSR count). The summed E-state index contributed by atoms with van der Waals surface area (Å²) in [6.45, 7) is 3.16. The standard InChI is InChI=1S/C16H22N2O4/c1-11(19)17-14-6-4-12(5-7-14)15(20)10-18-8-2-3-13(9-18)16(21)22/h4-7,13,15,20H,2-3,8-10H2,1H3,(H,17,19)(H,21,22). The lowest BCUT2D eigenvalue weighted by atomic mass is 9.97. The van der Waals surface area contributed by atoms with Crippen LogP contribution in [0.25, 0.3) is 0 Å². The molecular weight excluding hydrogens is 284 g/mol. The molecule has 6 heteroatoms. The Bertz CT molecular complexity index is 529. The third kappa shape index (κ3) is 4.54. The Morgan fingerprint density at radius 1 is 1.36 bits per heavy atom. The number of piperidine rings is 1. The predicted octanol–water partition coefficient (Wildman–Crippen LogP) is 1.47. The number of benzene rings is 1. The second-order valence-corrected chi connectivity index (χ2v) is 5.76. The SMILES string of the molecule is CC(=O)Nc1ccc(C(O)CN2CCCC(C(=O)O)C2)cc1. The third-order valence-electron chi connectivity index (χ3n) is 3.90. The zero-order valence-corrected chi connectivity index (χ0v) is 12.7. The number of carboxylic acids is 1. The number of aliphatic hydroxyl groups excluding tert-OH is 1. The summed E-state index contributed by atoms with van der Waals surface area (Å²) >= 11 is 0. The normalized spacial score (nSPS) is 20.4. The highest BCUT2D eigenvalue weighted by atomic mass is 16.4. The van der Waals surface area contributed by atoms with Gasteiger partial charge in [-0.25, -0.2) is 0 Å². The van der Waals surface area contributed by atoms with Gasteiger partial charge in [-0.1, -0.05) is 12.1 Å². The minimum Gasteiger partial charge on any atom is -0.481 e. The molecule has 2 atom stereocenters. The molecule has 22 heavy (non-hydrogen) atoms. The maximum absolute atomic E-state index is 11.1. The number of nitrogens with one attached hydrogen (secondary N) is 1. The maximum Gasteiger partial charge on any atom is 0.307 e.